The van der Waals surface area contributed by atoms with Crippen LogP contribution >= 0.6 is 0 Å². The van der Waals surface area contributed by atoms with Crippen molar-refractivity contribution in [3.05, 3.63) is 41.0 Å². The molecule has 1 amide bonds. The molecule has 1 aromatic carbocycles. The van der Waals surface area contributed by atoms with Gasteiger partial charge in [0.1, 0.15) is 12.1 Å². The van der Waals surface area contributed by atoms with Crippen LogP contribution in [0.4, 0.5) is 16.1 Å². The summed E-state index contributed by atoms with van der Waals surface area (Å²) >= 11 is 0. The van der Waals surface area contributed by atoms with Gasteiger partial charge in [0.25, 0.3) is 11.9 Å². The van der Waals surface area contributed by atoms with E-state index in [2.05, 4.69) is 10.3 Å². The molecule has 34 heavy (non-hydrogen) atoms. The number of benzene rings is 1. The maximum atomic E-state index is 14.1. The van der Waals surface area contributed by atoms with Crippen LogP contribution in [0.5, 0.6) is 0 Å². The van der Waals surface area contributed by atoms with Crippen LogP contribution < -0.4 is 10.0 Å². The number of anilines is 2. The number of aryl methyl sites for hydroxylation is 1. The molecule has 2 aromatic rings. The maximum Gasteiger partial charge on any atom is 0.304 e. The van der Waals surface area contributed by atoms with Gasteiger partial charge in [-0.1, -0.05) is 13.8 Å². The first-order valence-electron chi connectivity index (χ1n) is 11.1. The first kappa shape index (κ1) is 26.1. The van der Waals surface area contributed by atoms with Crippen LogP contribution in [0.25, 0.3) is 0 Å². The van der Waals surface area contributed by atoms with Gasteiger partial charge >= 0.3 is 10.2 Å². The SMILES string of the molecule is CCOCC1CCN(S(=O)(=O)NC(=O)c2coc(Nc3cc(C(C)C)c(F)cc3C)n2)CCO1. The lowest BCUT2D eigenvalue weighted by molar-refractivity contribution is -0.00687. The second-order valence-electron chi connectivity index (χ2n) is 8.28. The van der Waals surface area contributed by atoms with Gasteiger partial charge < -0.3 is 19.2 Å². The van der Waals surface area contributed by atoms with E-state index in [1.54, 1.807) is 13.0 Å². The molecule has 3 rings (SSSR count). The summed E-state index contributed by atoms with van der Waals surface area (Å²) in [5.41, 5.74) is 1.50. The third-order valence-electron chi connectivity index (χ3n) is 5.41. The molecule has 0 bridgehead atoms. The van der Waals surface area contributed by atoms with Gasteiger partial charge in [0.05, 0.1) is 19.3 Å². The highest BCUT2D eigenvalue weighted by Gasteiger charge is 2.29. The molecular formula is C22H31FN4O6S. The highest BCUT2D eigenvalue weighted by Crippen LogP contribution is 2.28. The molecule has 0 aliphatic carbocycles. The lowest BCUT2D eigenvalue weighted by Crippen LogP contribution is -2.44. The summed E-state index contributed by atoms with van der Waals surface area (Å²) in [5, 5.41) is 2.91. The van der Waals surface area contributed by atoms with E-state index >= 15 is 0 Å². The maximum absolute atomic E-state index is 14.1. The van der Waals surface area contributed by atoms with Crippen molar-refractivity contribution in [3.8, 4) is 0 Å². The second kappa shape index (κ2) is 11.3. The molecule has 1 fully saturated rings. The first-order valence-corrected chi connectivity index (χ1v) is 12.6. The Morgan fingerprint density at radius 2 is 2.12 bits per heavy atom. The molecule has 188 valence electrons. The standard InChI is InChI=1S/C22H31FN4O6S/c1-5-31-12-16-6-7-27(8-9-32-16)34(29,30)26-21(28)20-13-33-22(25-20)24-19-11-17(14(2)3)18(23)10-15(19)4/h10-11,13-14,16H,5-9,12H2,1-4H3,(H,24,25)(H,26,28). The molecule has 10 nitrogen and oxygen atoms in total. The number of hydrogen-bond acceptors (Lipinski definition) is 8. The highest BCUT2D eigenvalue weighted by atomic mass is 32.2. The number of hydrogen-bond donors (Lipinski definition) is 2. The molecule has 1 saturated heterocycles. The van der Waals surface area contributed by atoms with Crippen LogP contribution in [0.15, 0.2) is 22.8 Å². The zero-order chi connectivity index (χ0) is 24.9. The number of carbonyl (C=O) groups excluding carboxylic acids is 1. The van der Waals surface area contributed by atoms with Crippen molar-refractivity contribution in [2.75, 3.05) is 38.2 Å². The fourth-order valence-corrected chi connectivity index (χ4v) is 4.61. The Hall–Kier alpha value is -2.54. The van der Waals surface area contributed by atoms with Gasteiger partial charge in [-0.3, -0.25) is 4.79 Å². The van der Waals surface area contributed by atoms with Crippen LogP contribution in [-0.4, -0.2) is 62.6 Å². The number of carbonyl (C=O) groups is 1. The van der Waals surface area contributed by atoms with Crippen molar-refractivity contribution < 1.29 is 31.5 Å². The molecule has 2 N–H and O–H groups in total. The highest BCUT2D eigenvalue weighted by molar-refractivity contribution is 7.87. The zero-order valence-electron chi connectivity index (χ0n) is 19.8. The fourth-order valence-electron chi connectivity index (χ4n) is 3.48. The van der Waals surface area contributed by atoms with Crippen molar-refractivity contribution in [1.82, 2.24) is 14.0 Å². The average Bonchev–Trinajstić information content (AvgIpc) is 3.10. The molecule has 1 aromatic heterocycles. The van der Waals surface area contributed by atoms with E-state index in [-0.39, 0.29) is 49.2 Å². The minimum Gasteiger partial charge on any atom is -0.431 e. The van der Waals surface area contributed by atoms with Gasteiger partial charge in [-0.2, -0.15) is 17.7 Å². The van der Waals surface area contributed by atoms with Crippen LogP contribution in [-0.2, 0) is 19.7 Å². The van der Waals surface area contributed by atoms with E-state index in [1.807, 2.05) is 25.5 Å². The number of ether oxygens (including phenoxy) is 2. The molecule has 1 aliphatic rings. The molecule has 0 spiro atoms. The van der Waals surface area contributed by atoms with Crippen molar-refractivity contribution in [2.24, 2.45) is 0 Å². The minimum atomic E-state index is -4.11. The Balaban J connectivity index is 1.65. The van der Waals surface area contributed by atoms with E-state index in [1.165, 1.54) is 6.07 Å². The smallest absolute Gasteiger partial charge is 0.304 e. The average molecular weight is 499 g/mol. The van der Waals surface area contributed by atoms with Gasteiger partial charge in [-0.15, -0.1) is 0 Å². The van der Waals surface area contributed by atoms with E-state index in [9.17, 15) is 17.6 Å². The van der Waals surface area contributed by atoms with Gasteiger partial charge in [0, 0.05) is 25.4 Å². The van der Waals surface area contributed by atoms with Crippen LogP contribution in [0.2, 0.25) is 0 Å². The normalized spacial score (nSPS) is 17.5. The summed E-state index contributed by atoms with van der Waals surface area (Å²) in [6, 6.07) is 3.04. The second-order valence-corrected chi connectivity index (χ2v) is 9.95. The third-order valence-corrected chi connectivity index (χ3v) is 6.90. The molecule has 1 unspecified atom stereocenters. The Morgan fingerprint density at radius 3 is 2.82 bits per heavy atom. The van der Waals surface area contributed by atoms with E-state index in [0.29, 0.717) is 36.4 Å². The first-order chi connectivity index (χ1) is 16.1. The van der Waals surface area contributed by atoms with Crippen LogP contribution in [0.1, 0.15) is 54.7 Å². The Labute approximate surface area is 199 Å². The molecule has 12 heteroatoms. The van der Waals surface area contributed by atoms with E-state index in [4.69, 9.17) is 13.9 Å². The Morgan fingerprint density at radius 1 is 1.35 bits per heavy atom. The fraction of sp³-hybridized carbons (Fsp3) is 0.545. The van der Waals surface area contributed by atoms with Crippen LogP contribution in [0.3, 0.4) is 0 Å². The topological polar surface area (TPSA) is 123 Å². The minimum absolute atomic E-state index is 0.0195. The molecule has 2 heterocycles. The summed E-state index contributed by atoms with van der Waals surface area (Å²) in [5.74, 6) is -1.26. The Bertz CT molecular complexity index is 1100. The molecular weight excluding hydrogens is 467 g/mol. The Kier molecular flexibility index (Phi) is 8.63. The lowest BCUT2D eigenvalue weighted by Gasteiger charge is -2.19. The summed E-state index contributed by atoms with van der Waals surface area (Å²) in [4.78, 5) is 16.6. The van der Waals surface area contributed by atoms with Crippen LogP contribution in [0, 0.1) is 12.7 Å². The van der Waals surface area contributed by atoms with Crippen molar-refractivity contribution in [3.63, 3.8) is 0 Å². The number of amides is 1. The van der Waals surface area contributed by atoms with Gasteiger partial charge in [0.2, 0.25) is 0 Å². The number of rotatable bonds is 9. The summed E-state index contributed by atoms with van der Waals surface area (Å²) in [7, 11) is -4.11. The summed E-state index contributed by atoms with van der Waals surface area (Å²) < 4.78 is 59.0. The number of nitrogens with one attached hydrogen (secondary N) is 2. The quantitative estimate of drug-likeness (QED) is 0.541. The zero-order valence-corrected chi connectivity index (χ0v) is 20.6. The number of aromatic nitrogens is 1. The monoisotopic (exact) mass is 498 g/mol. The third kappa shape index (κ3) is 6.53. The van der Waals surface area contributed by atoms with Gasteiger partial charge in [-0.25, -0.2) is 9.11 Å². The lowest BCUT2D eigenvalue weighted by atomic mass is 10.00. The predicted molar refractivity (Wildman–Crippen MR) is 124 cm³/mol. The number of oxazole rings is 1. The predicted octanol–water partition coefficient (Wildman–Crippen LogP) is 3.09. The van der Waals surface area contributed by atoms with Gasteiger partial charge in [-0.05, 0) is 49.4 Å². The number of nitrogens with zero attached hydrogens (tertiary/aromatic N) is 2. The van der Waals surface area contributed by atoms with Crippen molar-refractivity contribution in [1.29, 1.82) is 0 Å². The van der Waals surface area contributed by atoms with Crippen molar-refractivity contribution in [2.45, 2.75) is 46.1 Å². The molecule has 1 atom stereocenters. The molecule has 0 radical (unpaired) electrons. The van der Waals surface area contributed by atoms with E-state index < -0.39 is 16.1 Å². The number of halogens is 1. The molecule has 0 saturated carbocycles. The summed E-state index contributed by atoms with van der Waals surface area (Å²) in [6.07, 6.45) is 1.30. The largest absolute Gasteiger partial charge is 0.431 e. The van der Waals surface area contributed by atoms with Crippen molar-refractivity contribution >= 4 is 27.8 Å². The summed E-state index contributed by atoms with van der Waals surface area (Å²) in [6.45, 7) is 8.78. The van der Waals surface area contributed by atoms with Gasteiger partial charge in [0.15, 0.2) is 5.69 Å². The molecule has 1 aliphatic heterocycles. The van der Waals surface area contributed by atoms with E-state index in [0.717, 1.165) is 10.6 Å².